The number of aliphatic imine (C=N–C) groups is 1. The number of hydrogen-bond acceptors (Lipinski definition) is 4. The Kier molecular flexibility index (Phi) is 4.33. The predicted octanol–water partition coefficient (Wildman–Crippen LogP) is -4.92. The van der Waals surface area contributed by atoms with Gasteiger partial charge in [0, 0.05) is 6.42 Å². The maximum atomic E-state index is 10.5. The van der Waals surface area contributed by atoms with Crippen LogP contribution in [0.5, 0.6) is 0 Å². The standard InChI is InChI=1S/C4H6N2O5S.Na/c7-2-1-3(12(9,10)11)6-4(8)5-2;/h3H,1H2,(H,9,10,11)(H2,5,6,7,8);/q;+1/p-1. The van der Waals surface area contributed by atoms with Gasteiger partial charge in [0.2, 0.25) is 0 Å². The molecule has 0 saturated carbocycles. The topological polar surface area (TPSA) is 119 Å². The zero-order valence-electron chi connectivity index (χ0n) is 6.72. The van der Waals surface area contributed by atoms with Crippen LogP contribution in [0.25, 0.3) is 0 Å². The Labute approximate surface area is 96.3 Å². The van der Waals surface area contributed by atoms with Gasteiger partial charge in [0.05, 0.1) is 0 Å². The zero-order chi connectivity index (χ0) is 9.35. The molecule has 2 N–H and O–H groups in total. The van der Waals surface area contributed by atoms with E-state index >= 15 is 0 Å². The summed E-state index contributed by atoms with van der Waals surface area (Å²) in [6, 6.07) is -1.05. The Bertz CT molecular complexity index is 336. The number of nitrogens with zero attached hydrogens (tertiary/aromatic N) is 1. The fourth-order valence-corrected chi connectivity index (χ4v) is 1.32. The summed E-state index contributed by atoms with van der Waals surface area (Å²) in [5.41, 5.74) is 0. The van der Waals surface area contributed by atoms with E-state index in [9.17, 15) is 18.3 Å². The summed E-state index contributed by atoms with van der Waals surface area (Å²) in [6.07, 6.45) is -0.523. The van der Waals surface area contributed by atoms with Crippen LogP contribution < -0.4 is 40.0 Å². The maximum Gasteiger partial charge on any atom is 1.00 e. The Balaban J connectivity index is 0.00000144. The van der Waals surface area contributed by atoms with E-state index in [-0.39, 0.29) is 29.6 Å². The molecular formula is C4H5N2NaO5S. The summed E-state index contributed by atoms with van der Waals surface area (Å²) < 4.78 is 29.3. The van der Waals surface area contributed by atoms with E-state index in [0.717, 1.165) is 0 Å². The van der Waals surface area contributed by atoms with E-state index < -0.39 is 33.8 Å². The van der Waals surface area contributed by atoms with Crippen molar-refractivity contribution in [2.24, 2.45) is 4.99 Å². The second-order valence-electron chi connectivity index (χ2n) is 2.16. The number of carbonyl (C=O) groups excluding carboxylic acids is 1. The molecule has 1 rings (SSSR count). The molecule has 68 valence electrons. The van der Waals surface area contributed by atoms with Crippen molar-refractivity contribution in [2.45, 2.75) is 11.8 Å². The number of nitrogens with one attached hydrogen (secondary N) is 1. The molecule has 0 aromatic heterocycles. The van der Waals surface area contributed by atoms with Gasteiger partial charge in [-0.05, 0) is 5.90 Å². The minimum absolute atomic E-state index is 0. The number of carbonyl (C=O) groups is 1. The third-order valence-corrected chi connectivity index (χ3v) is 2.23. The summed E-state index contributed by atoms with van der Waals surface area (Å²) in [5.74, 6) is -0.860. The number of rotatable bonds is 1. The van der Waals surface area contributed by atoms with E-state index in [1.54, 1.807) is 0 Å². The Morgan fingerprint density at radius 1 is 1.62 bits per heavy atom. The van der Waals surface area contributed by atoms with Crippen molar-refractivity contribution in [2.75, 3.05) is 0 Å². The molecule has 13 heavy (non-hydrogen) atoms. The summed E-state index contributed by atoms with van der Waals surface area (Å²) in [4.78, 5) is 13.3. The van der Waals surface area contributed by atoms with Crippen molar-refractivity contribution in [3.63, 3.8) is 0 Å². The van der Waals surface area contributed by atoms with Crippen molar-refractivity contribution >= 4 is 22.0 Å². The molecule has 0 radical (unpaired) electrons. The Morgan fingerprint density at radius 2 is 2.15 bits per heavy atom. The molecule has 1 aliphatic rings. The van der Waals surface area contributed by atoms with E-state index in [4.69, 9.17) is 4.55 Å². The molecule has 0 aromatic rings. The van der Waals surface area contributed by atoms with Crippen molar-refractivity contribution in [3.8, 4) is 0 Å². The molecular weight excluding hydrogens is 211 g/mol. The van der Waals surface area contributed by atoms with Crippen molar-refractivity contribution < 1.29 is 52.4 Å². The second-order valence-corrected chi connectivity index (χ2v) is 3.76. The van der Waals surface area contributed by atoms with E-state index in [1.807, 2.05) is 5.32 Å². The monoisotopic (exact) mass is 216 g/mol. The molecule has 0 aromatic carbocycles. The molecule has 7 nitrogen and oxygen atoms in total. The van der Waals surface area contributed by atoms with Gasteiger partial charge in [0.25, 0.3) is 10.1 Å². The average Bonchev–Trinajstić information content (AvgIpc) is 1.82. The Morgan fingerprint density at radius 3 is 2.54 bits per heavy atom. The van der Waals surface area contributed by atoms with Crippen LogP contribution in [0.3, 0.4) is 0 Å². The molecule has 0 saturated heterocycles. The first kappa shape index (κ1) is 12.8. The molecule has 1 heterocycles. The Hall–Kier alpha value is -0.150. The van der Waals surface area contributed by atoms with Crippen LogP contribution in [0, 0.1) is 0 Å². The first-order valence-electron chi connectivity index (χ1n) is 2.91. The van der Waals surface area contributed by atoms with Crippen LogP contribution in [-0.2, 0) is 10.1 Å². The second kappa shape index (κ2) is 4.38. The fraction of sp³-hybridized carbons (Fsp3) is 0.500. The van der Waals surface area contributed by atoms with Crippen LogP contribution >= 0.6 is 0 Å². The largest absolute Gasteiger partial charge is 1.00 e. The first-order valence-corrected chi connectivity index (χ1v) is 4.41. The van der Waals surface area contributed by atoms with Gasteiger partial charge in [-0.3, -0.25) is 4.55 Å². The smallest absolute Gasteiger partial charge is 0.861 e. The molecule has 1 aliphatic heterocycles. The quantitative estimate of drug-likeness (QED) is 0.336. The van der Waals surface area contributed by atoms with Gasteiger partial charge in [-0.1, -0.05) is 0 Å². The van der Waals surface area contributed by atoms with Crippen LogP contribution in [0.1, 0.15) is 6.42 Å². The molecule has 0 bridgehead atoms. The van der Waals surface area contributed by atoms with Gasteiger partial charge < -0.3 is 10.4 Å². The number of hydrogen-bond donors (Lipinski definition) is 2. The predicted molar refractivity (Wildman–Crippen MR) is 35.9 cm³/mol. The van der Waals surface area contributed by atoms with Crippen molar-refractivity contribution in [1.82, 2.24) is 5.32 Å². The zero-order valence-corrected chi connectivity index (χ0v) is 9.54. The summed E-state index contributed by atoms with van der Waals surface area (Å²) in [7, 11) is -4.40. The van der Waals surface area contributed by atoms with Crippen LogP contribution in [0.2, 0.25) is 0 Å². The van der Waals surface area contributed by atoms with Gasteiger partial charge in [-0.2, -0.15) is 8.42 Å². The minimum Gasteiger partial charge on any atom is -0.861 e. The average molecular weight is 216 g/mol. The fourth-order valence-electron chi connectivity index (χ4n) is 0.718. The van der Waals surface area contributed by atoms with Crippen LogP contribution in [0.15, 0.2) is 4.99 Å². The molecule has 2 amide bonds. The van der Waals surface area contributed by atoms with Gasteiger partial charge in [-0.25, -0.2) is 9.79 Å². The van der Waals surface area contributed by atoms with E-state index in [1.165, 1.54) is 0 Å². The maximum absolute atomic E-state index is 10.5. The van der Waals surface area contributed by atoms with Gasteiger partial charge in [0.15, 0.2) is 5.37 Å². The third-order valence-electron chi connectivity index (χ3n) is 1.23. The molecule has 1 unspecified atom stereocenters. The molecule has 0 spiro atoms. The van der Waals surface area contributed by atoms with Crippen molar-refractivity contribution in [3.05, 3.63) is 0 Å². The summed E-state index contributed by atoms with van der Waals surface area (Å²) in [6.45, 7) is 0. The number of urea groups is 1. The SMILES string of the molecule is O=C1N=C([O-])CC(S(=O)(=O)O)N1.[Na+]. The normalized spacial score (nSPS) is 22.7. The molecule has 0 fully saturated rings. The van der Waals surface area contributed by atoms with Gasteiger partial charge in [-0.15, -0.1) is 0 Å². The van der Waals surface area contributed by atoms with Crippen LogP contribution in [-0.4, -0.2) is 30.3 Å². The van der Waals surface area contributed by atoms with Gasteiger partial charge >= 0.3 is 35.6 Å². The number of amides is 2. The molecule has 9 heteroatoms. The van der Waals surface area contributed by atoms with E-state index in [0.29, 0.717) is 0 Å². The van der Waals surface area contributed by atoms with Crippen LogP contribution in [0.4, 0.5) is 4.79 Å². The summed E-state index contributed by atoms with van der Waals surface area (Å²) in [5, 5.41) is 10.8. The van der Waals surface area contributed by atoms with E-state index in [2.05, 4.69) is 4.99 Å². The molecule has 1 atom stereocenters. The molecule has 0 aliphatic carbocycles. The minimum atomic E-state index is -4.40. The van der Waals surface area contributed by atoms with Crippen molar-refractivity contribution in [1.29, 1.82) is 0 Å². The third kappa shape index (κ3) is 3.61. The first-order chi connectivity index (χ1) is 5.39. The summed E-state index contributed by atoms with van der Waals surface area (Å²) >= 11 is 0. The van der Waals surface area contributed by atoms with Gasteiger partial charge in [0.1, 0.15) is 0 Å².